The minimum atomic E-state index is -0.264. The van der Waals surface area contributed by atoms with Crippen molar-refractivity contribution >= 4 is 0 Å². The first-order chi connectivity index (χ1) is 10.3. The fourth-order valence-corrected chi connectivity index (χ4v) is 4.23. The van der Waals surface area contributed by atoms with Gasteiger partial charge in [-0.15, -0.1) is 0 Å². The minimum Gasteiger partial charge on any atom is -0.493 e. The van der Waals surface area contributed by atoms with E-state index >= 15 is 0 Å². The molecule has 4 rings (SSSR count). The zero-order valence-electron chi connectivity index (χ0n) is 12.5. The largest absolute Gasteiger partial charge is 0.493 e. The molecular weight excluding hydrogens is 264 g/mol. The summed E-state index contributed by atoms with van der Waals surface area (Å²) >= 11 is 0. The van der Waals surface area contributed by atoms with E-state index in [0.717, 1.165) is 31.6 Å². The van der Waals surface area contributed by atoms with Gasteiger partial charge in [-0.1, -0.05) is 18.2 Å². The highest BCUT2D eigenvalue weighted by molar-refractivity contribution is 5.35. The maximum absolute atomic E-state index is 10.8. The molecule has 1 spiro atoms. The van der Waals surface area contributed by atoms with E-state index in [1.165, 1.54) is 24.8 Å². The standard InChI is InChI=1S/C18H24O3/c19-17(14-6-9-21-18(11-14)7-3-8-18)15-10-13-4-1-2-5-16(13)20-12-15/h1-2,4-5,14-15,17,19H,3,6-12H2. The Morgan fingerprint density at radius 1 is 1.19 bits per heavy atom. The van der Waals surface area contributed by atoms with Gasteiger partial charge in [0.05, 0.1) is 18.3 Å². The second kappa shape index (κ2) is 5.29. The Hall–Kier alpha value is -1.06. The van der Waals surface area contributed by atoms with E-state index in [0.29, 0.717) is 12.5 Å². The highest BCUT2D eigenvalue weighted by Crippen LogP contribution is 2.46. The fourth-order valence-electron chi connectivity index (χ4n) is 4.23. The van der Waals surface area contributed by atoms with Gasteiger partial charge in [0.2, 0.25) is 0 Å². The quantitative estimate of drug-likeness (QED) is 0.909. The van der Waals surface area contributed by atoms with Gasteiger partial charge in [-0.2, -0.15) is 0 Å². The maximum atomic E-state index is 10.8. The lowest BCUT2D eigenvalue weighted by Crippen LogP contribution is -2.49. The average molecular weight is 288 g/mol. The van der Waals surface area contributed by atoms with E-state index in [-0.39, 0.29) is 17.6 Å². The number of fused-ring (bicyclic) bond motifs is 1. The van der Waals surface area contributed by atoms with Gasteiger partial charge in [-0.3, -0.25) is 0 Å². The highest BCUT2D eigenvalue weighted by atomic mass is 16.5. The first-order valence-electron chi connectivity index (χ1n) is 8.29. The number of hydrogen-bond donors (Lipinski definition) is 1. The minimum absolute atomic E-state index is 0.108. The molecule has 1 N–H and O–H groups in total. The predicted molar refractivity (Wildman–Crippen MR) is 80.4 cm³/mol. The second-order valence-electron chi connectivity index (χ2n) is 7.01. The molecule has 3 unspecified atom stereocenters. The third-order valence-electron chi connectivity index (χ3n) is 5.67. The van der Waals surface area contributed by atoms with Crippen LogP contribution in [0.15, 0.2) is 24.3 Å². The Bertz CT molecular complexity index is 509. The SMILES string of the molecule is OC(C1COc2ccccc2C1)C1CCOC2(CCC2)C1. The third kappa shape index (κ3) is 2.47. The maximum Gasteiger partial charge on any atom is 0.122 e. The Morgan fingerprint density at radius 2 is 2.05 bits per heavy atom. The number of rotatable bonds is 2. The van der Waals surface area contributed by atoms with Gasteiger partial charge in [-0.25, -0.2) is 0 Å². The van der Waals surface area contributed by atoms with E-state index in [1.54, 1.807) is 0 Å². The van der Waals surface area contributed by atoms with Gasteiger partial charge < -0.3 is 14.6 Å². The molecule has 3 heteroatoms. The van der Waals surface area contributed by atoms with E-state index in [2.05, 4.69) is 12.1 Å². The molecule has 0 amide bonds. The lowest BCUT2D eigenvalue weighted by Gasteiger charge is -2.49. The molecule has 3 atom stereocenters. The summed E-state index contributed by atoms with van der Waals surface area (Å²) < 4.78 is 11.8. The number of aliphatic hydroxyl groups is 1. The monoisotopic (exact) mass is 288 g/mol. The summed E-state index contributed by atoms with van der Waals surface area (Å²) in [6.45, 7) is 1.45. The molecule has 2 fully saturated rings. The Kier molecular flexibility index (Phi) is 3.43. The molecule has 114 valence electrons. The van der Waals surface area contributed by atoms with Crippen molar-refractivity contribution in [2.24, 2.45) is 11.8 Å². The van der Waals surface area contributed by atoms with Crippen molar-refractivity contribution in [2.45, 2.75) is 50.2 Å². The van der Waals surface area contributed by atoms with Crippen molar-refractivity contribution in [1.82, 2.24) is 0 Å². The second-order valence-corrected chi connectivity index (χ2v) is 7.01. The fraction of sp³-hybridized carbons (Fsp3) is 0.667. The van der Waals surface area contributed by atoms with Crippen molar-refractivity contribution in [1.29, 1.82) is 0 Å². The van der Waals surface area contributed by atoms with Gasteiger partial charge in [0.1, 0.15) is 5.75 Å². The summed E-state index contributed by atoms with van der Waals surface area (Å²) in [4.78, 5) is 0. The third-order valence-corrected chi connectivity index (χ3v) is 5.67. The van der Waals surface area contributed by atoms with Crippen LogP contribution < -0.4 is 4.74 Å². The first kappa shape index (κ1) is 13.6. The van der Waals surface area contributed by atoms with E-state index in [9.17, 15) is 5.11 Å². The molecule has 0 bridgehead atoms. The van der Waals surface area contributed by atoms with E-state index in [1.807, 2.05) is 12.1 Å². The van der Waals surface area contributed by atoms with Crippen LogP contribution in [-0.2, 0) is 11.2 Å². The Balaban J connectivity index is 1.44. The summed E-state index contributed by atoms with van der Waals surface area (Å²) in [5.41, 5.74) is 1.34. The van der Waals surface area contributed by atoms with Gasteiger partial charge in [0.25, 0.3) is 0 Å². The summed E-state index contributed by atoms with van der Waals surface area (Å²) in [5, 5.41) is 10.8. The predicted octanol–water partition coefficient (Wildman–Crippen LogP) is 2.95. The zero-order valence-corrected chi connectivity index (χ0v) is 12.5. The zero-order chi connectivity index (χ0) is 14.3. The van der Waals surface area contributed by atoms with Gasteiger partial charge >= 0.3 is 0 Å². The van der Waals surface area contributed by atoms with Crippen LogP contribution in [0.1, 0.15) is 37.7 Å². The van der Waals surface area contributed by atoms with Crippen molar-refractivity contribution in [3.8, 4) is 5.75 Å². The van der Waals surface area contributed by atoms with Gasteiger partial charge in [0, 0.05) is 12.5 Å². The van der Waals surface area contributed by atoms with Crippen LogP contribution >= 0.6 is 0 Å². The van der Waals surface area contributed by atoms with Gasteiger partial charge in [-0.05, 0) is 56.1 Å². The Morgan fingerprint density at radius 3 is 2.86 bits per heavy atom. The van der Waals surface area contributed by atoms with Crippen LogP contribution in [0, 0.1) is 11.8 Å². The van der Waals surface area contributed by atoms with Crippen LogP contribution in [0.4, 0.5) is 0 Å². The van der Waals surface area contributed by atoms with Crippen LogP contribution in [0.25, 0.3) is 0 Å². The lowest BCUT2D eigenvalue weighted by molar-refractivity contribution is -0.162. The number of hydrogen-bond acceptors (Lipinski definition) is 3. The number of aliphatic hydroxyl groups excluding tert-OH is 1. The summed E-state index contributed by atoms with van der Waals surface area (Å²) in [7, 11) is 0. The molecule has 0 aromatic heterocycles. The summed E-state index contributed by atoms with van der Waals surface area (Å²) in [6, 6.07) is 8.20. The number of ether oxygens (including phenoxy) is 2. The van der Waals surface area contributed by atoms with Crippen molar-refractivity contribution in [3.63, 3.8) is 0 Å². The lowest BCUT2D eigenvalue weighted by atomic mass is 9.69. The molecule has 1 aliphatic carbocycles. The van der Waals surface area contributed by atoms with Crippen LogP contribution in [0.3, 0.4) is 0 Å². The molecule has 2 aliphatic heterocycles. The van der Waals surface area contributed by atoms with Crippen molar-refractivity contribution in [2.75, 3.05) is 13.2 Å². The molecular formula is C18H24O3. The molecule has 1 saturated heterocycles. The molecule has 1 aromatic rings. The molecule has 21 heavy (non-hydrogen) atoms. The molecule has 3 aliphatic rings. The summed E-state index contributed by atoms with van der Waals surface area (Å²) in [6.07, 6.45) is 6.33. The van der Waals surface area contributed by atoms with E-state index in [4.69, 9.17) is 9.47 Å². The molecule has 3 nitrogen and oxygen atoms in total. The van der Waals surface area contributed by atoms with Crippen LogP contribution in [0.5, 0.6) is 5.75 Å². The van der Waals surface area contributed by atoms with Crippen molar-refractivity contribution < 1.29 is 14.6 Å². The summed E-state index contributed by atoms with van der Waals surface area (Å²) in [5.74, 6) is 1.58. The smallest absolute Gasteiger partial charge is 0.122 e. The van der Waals surface area contributed by atoms with Crippen LogP contribution in [-0.4, -0.2) is 30.0 Å². The number of benzene rings is 1. The van der Waals surface area contributed by atoms with Crippen molar-refractivity contribution in [3.05, 3.63) is 29.8 Å². The molecule has 2 heterocycles. The first-order valence-corrected chi connectivity index (χ1v) is 8.29. The molecule has 0 radical (unpaired) electrons. The molecule has 1 saturated carbocycles. The topological polar surface area (TPSA) is 38.7 Å². The highest BCUT2D eigenvalue weighted by Gasteiger charge is 2.45. The van der Waals surface area contributed by atoms with Crippen LogP contribution in [0.2, 0.25) is 0 Å². The van der Waals surface area contributed by atoms with Gasteiger partial charge in [0.15, 0.2) is 0 Å². The number of para-hydroxylation sites is 1. The van der Waals surface area contributed by atoms with E-state index < -0.39 is 0 Å². The molecule has 1 aromatic carbocycles. The average Bonchev–Trinajstić information content (AvgIpc) is 2.52. The Labute approximate surface area is 126 Å². The normalized spacial score (nSPS) is 31.9.